The fourth-order valence-electron chi connectivity index (χ4n) is 5.60. The molecule has 2 fully saturated rings. The van der Waals surface area contributed by atoms with Crippen molar-refractivity contribution in [3.8, 4) is 5.75 Å². The molecule has 36 heavy (non-hydrogen) atoms. The Bertz CT molecular complexity index is 1010. The first kappa shape index (κ1) is 26.3. The van der Waals surface area contributed by atoms with Crippen LogP contribution in [-0.2, 0) is 9.53 Å². The number of carbonyl (C=O) groups excluding carboxylic acids is 1. The van der Waals surface area contributed by atoms with Crippen molar-refractivity contribution in [3.63, 3.8) is 0 Å². The predicted octanol–water partition coefficient (Wildman–Crippen LogP) is 5.12. The van der Waals surface area contributed by atoms with Gasteiger partial charge in [-0.1, -0.05) is 12.1 Å². The third-order valence-corrected chi connectivity index (χ3v) is 7.62. The van der Waals surface area contributed by atoms with Gasteiger partial charge in [0.25, 0.3) is 0 Å². The summed E-state index contributed by atoms with van der Waals surface area (Å²) in [5, 5.41) is 0. The normalized spacial score (nSPS) is 19.1. The van der Waals surface area contributed by atoms with E-state index in [1.165, 1.54) is 29.8 Å². The number of piperidine rings is 2. The van der Waals surface area contributed by atoms with E-state index < -0.39 is 11.6 Å². The van der Waals surface area contributed by atoms with Crippen LogP contribution >= 0.6 is 0 Å². The number of ether oxygens (including phenoxy) is 2. The fourth-order valence-corrected chi connectivity index (χ4v) is 5.60. The zero-order valence-electron chi connectivity index (χ0n) is 21.2. The van der Waals surface area contributed by atoms with Gasteiger partial charge in [-0.2, -0.15) is 0 Å². The van der Waals surface area contributed by atoms with E-state index in [4.69, 9.17) is 9.47 Å². The molecule has 0 saturated carbocycles. The Kier molecular flexibility index (Phi) is 9.10. The molecule has 1 atom stereocenters. The van der Waals surface area contributed by atoms with Crippen molar-refractivity contribution < 1.29 is 23.0 Å². The highest BCUT2D eigenvalue weighted by molar-refractivity contribution is 5.91. The molecule has 2 aromatic rings. The van der Waals surface area contributed by atoms with Crippen molar-refractivity contribution in [1.82, 2.24) is 9.80 Å². The molecule has 2 heterocycles. The van der Waals surface area contributed by atoms with E-state index in [0.29, 0.717) is 43.1 Å². The Balaban J connectivity index is 1.29. The monoisotopic (exact) mass is 498 g/mol. The lowest BCUT2D eigenvalue weighted by atomic mass is 9.84. The van der Waals surface area contributed by atoms with Crippen LogP contribution in [0, 0.1) is 17.6 Å². The topological polar surface area (TPSA) is 42.0 Å². The second-order valence-corrected chi connectivity index (χ2v) is 9.80. The number of benzene rings is 2. The Morgan fingerprint density at radius 3 is 2.19 bits per heavy atom. The maximum atomic E-state index is 13.4. The first-order chi connectivity index (χ1) is 17.5. The third-order valence-electron chi connectivity index (χ3n) is 7.62. The van der Waals surface area contributed by atoms with Gasteiger partial charge >= 0.3 is 0 Å². The van der Waals surface area contributed by atoms with Crippen LogP contribution in [0.2, 0.25) is 0 Å². The Labute approximate surface area is 212 Å². The number of nitrogens with zero attached hydrogens (tertiary/aromatic N) is 2. The van der Waals surface area contributed by atoms with E-state index in [2.05, 4.69) is 17.0 Å². The number of halogens is 2. The molecule has 2 aliphatic rings. The van der Waals surface area contributed by atoms with Crippen molar-refractivity contribution in [2.45, 2.75) is 37.6 Å². The van der Waals surface area contributed by atoms with Crippen molar-refractivity contribution in [2.75, 3.05) is 47.0 Å². The van der Waals surface area contributed by atoms with Crippen LogP contribution in [0.25, 0.3) is 6.08 Å². The highest BCUT2D eigenvalue weighted by atomic mass is 19.1. The second-order valence-electron chi connectivity index (χ2n) is 9.80. The van der Waals surface area contributed by atoms with E-state index in [1.54, 1.807) is 14.2 Å². The summed E-state index contributed by atoms with van der Waals surface area (Å²) in [6.07, 6.45) is 6.96. The van der Waals surface area contributed by atoms with Crippen molar-refractivity contribution >= 4 is 12.0 Å². The SMILES string of the molecule is COCC(C1CCN(C(=O)C=Cc2cc(F)cc(F)c2)CC1)N1CCC(c2ccc(OC)cc2)CC1. The molecular weight excluding hydrogens is 462 g/mol. The number of hydrogen-bond acceptors (Lipinski definition) is 4. The number of likely N-dealkylation sites (tertiary alicyclic amines) is 2. The maximum Gasteiger partial charge on any atom is 0.246 e. The fraction of sp³-hybridized carbons (Fsp3) is 0.483. The Morgan fingerprint density at radius 1 is 0.972 bits per heavy atom. The van der Waals surface area contributed by atoms with Gasteiger partial charge in [-0.05, 0) is 92.1 Å². The summed E-state index contributed by atoms with van der Waals surface area (Å²) in [4.78, 5) is 17.1. The molecule has 2 saturated heterocycles. The molecule has 7 heteroatoms. The van der Waals surface area contributed by atoms with Gasteiger partial charge in [0.1, 0.15) is 17.4 Å². The summed E-state index contributed by atoms with van der Waals surface area (Å²) < 4.78 is 37.7. The van der Waals surface area contributed by atoms with Gasteiger partial charge < -0.3 is 14.4 Å². The third kappa shape index (κ3) is 6.71. The molecule has 0 radical (unpaired) electrons. The zero-order chi connectivity index (χ0) is 25.5. The highest BCUT2D eigenvalue weighted by Gasteiger charge is 2.33. The summed E-state index contributed by atoms with van der Waals surface area (Å²) >= 11 is 0. The maximum absolute atomic E-state index is 13.4. The molecule has 0 N–H and O–H groups in total. The van der Waals surface area contributed by atoms with Crippen LogP contribution < -0.4 is 4.74 Å². The van der Waals surface area contributed by atoms with Crippen LogP contribution in [0.4, 0.5) is 8.78 Å². The van der Waals surface area contributed by atoms with Gasteiger partial charge in [0, 0.05) is 38.4 Å². The molecule has 4 rings (SSSR count). The summed E-state index contributed by atoms with van der Waals surface area (Å²) in [6.45, 7) is 4.12. The summed E-state index contributed by atoms with van der Waals surface area (Å²) in [5.74, 6) is 0.488. The van der Waals surface area contributed by atoms with Crippen LogP contribution in [0.5, 0.6) is 5.75 Å². The minimum absolute atomic E-state index is 0.123. The van der Waals surface area contributed by atoms with Crippen molar-refractivity contribution in [1.29, 1.82) is 0 Å². The highest BCUT2D eigenvalue weighted by Crippen LogP contribution is 2.33. The summed E-state index contributed by atoms with van der Waals surface area (Å²) in [6, 6.07) is 12.0. The molecule has 194 valence electrons. The lowest BCUT2D eigenvalue weighted by molar-refractivity contribution is -0.127. The average Bonchev–Trinajstić information content (AvgIpc) is 2.90. The summed E-state index contributed by atoms with van der Waals surface area (Å²) in [5.41, 5.74) is 1.72. The van der Waals surface area contributed by atoms with Crippen LogP contribution in [-0.4, -0.2) is 68.8 Å². The molecule has 1 amide bonds. The number of rotatable bonds is 8. The quantitative estimate of drug-likeness (QED) is 0.474. The molecular formula is C29H36F2N2O3. The molecule has 0 aliphatic carbocycles. The second kappa shape index (κ2) is 12.5. The van der Waals surface area contributed by atoms with Crippen LogP contribution in [0.1, 0.15) is 42.7 Å². The van der Waals surface area contributed by atoms with Crippen molar-refractivity contribution in [3.05, 3.63) is 71.3 Å². The molecule has 5 nitrogen and oxygen atoms in total. The van der Waals surface area contributed by atoms with E-state index in [9.17, 15) is 13.6 Å². The number of hydrogen-bond donors (Lipinski definition) is 0. The smallest absolute Gasteiger partial charge is 0.246 e. The first-order valence-electron chi connectivity index (χ1n) is 12.8. The van der Waals surface area contributed by atoms with Gasteiger partial charge in [0.05, 0.1) is 13.7 Å². The first-order valence-corrected chi connectivity index (χ1v) is 12.8. The molecule has 0 aromatic heterocycles. The van der Waals surface area contributed by atoms with E-state index in [-0.39, 0.29) is 5.91 Å². The number of methoxy groups -OCH3 is 2. The number of carbonyl (C=O) groups is 1. The Hall–Kier alpha value is -2.77. The van der Waals surface area contributed by atoms with Gasteiger partial charge in [0.2, 0.25) is 5.91 Å². The van der Waals surface area contributed by atoms with Gasteiger partial charge in [0.15, 0.2) is 0 Å². The predicted molar refractivity (Wildman–Crippen MR) is 137 cm³/mol. The van der Waals surface area contributed by atoms with Crippen molar-refractivity contribution in [2.24, 2.45) is 5.92 Å². The summed E-state index contributed by atoms with van der Waals surface area (Å²) in [7, 11) is 3.45. The molecule has 2 aromatic carbocycles. The lowest BCUT2D eigenvalue weighted by Gasteiger charge is -2.43. The molecule has 1 unspecified atom stereocenters. The molecule has 2 aliphatic heterocycles. The molecule has 0 bridgehead atoms. The van der Waals surface area contributed by atoms with Gasteiger partial charge in [-0.25, -0.2) is 8.78 Å². The van der Waals surface area contributed by atoms with Crippen LogP contribution in [0.3, 0.4) is 0 Å². The van der Waals surface area contributed by atoms with Gasteiger partial charge in [-0.3, -0.25) is 9.69 Å². The average molecular weight is 499 g/mol. The van der Waals surface area contributed by atoms with E-state index in [0.717, 1.165) is 50.6 Å². The largest absolute Gasteiger partial charge is 0.497 e. The van der Waals surface area contributed by atoms with Crippen LogP contribution in [0.15, 0.2) is 48.5 Å². The minimum atomic E-state index is -0.653. The Morgan fingerprint density at radius 2 is 1.61 bits per heavy atom. The standard InChI is InChI=1S/C29H36F2N2O3/c1-35-20-28(32-13-9-23(10-14-32)22-4-6-27(36-2)7-5-22)24-11-15-33(16-12-24)29(34)8-3-21-17-25(30)19-26(31)18-21/h3-8,17-19,23-24,28H,9-16,20H2,1-2H3. The lowest BCUT2D eigenvalue weighted by Crippen LogP contribution is -2.50. The minimum Gasteiger partial charge on any atom is -0.497 e. The van der Waals surface area contributed by atoms with E-state index in [1.807, 2.05) is 17.0 Å². The molecule has 0 spiro atoms. The number of amides is 1. The van der Waals surface area contributed by atoms with E-state index >= 15 is 0 Å². The zero-order valence-corrected chi connectivity index (χ0v) is 21.2. The van der Waals surface area contributed by atoms with Gasteiger partial charge in [-0.15, -0.1) is 0 Å².